The lowest BCUT2D eigenvalue weighted by atomic mass is 10.1. The molecule has 0 aliphatic heterocycles. The van der Waals surface area contributed by atoms with Gasteiger partial charge in [-0.2, -0.15) is 0 Å². The molecule has 1 aliphatic carbocycles. The summed E-state index contributed by atoms with van der Waals surface area (Å²) < 4.78 is 40.1. The summed E-state index contributed by atoms with van der Waals surface area (Å²) in [6.07, 6.45) is -2.80. The largest absolute Gasteiger partial charge is 0.573 e. The molecule has 0 radical (unpaired) electrons. The van der Waals surface area contributed by atoms with Crippen LogP contribution in [0.15, 0.2) is 48.5 Å². The number of anilines is 1. The van der Waals surface area contributed by atoms with Crippen molar-refractivity contribution in [2.45, 2.75) is 25.2 Å². The maximum absolute atomic E-state index is 12.1. The lowest BCUT2D eigenvalue weighted by molar-refractivity contribution is -0.274. The zero-order valence-corrected chi connectivity index (χ0v) is 11.2. The number of alkyl halides is 3. The van der Waals surface area contributed by atoms with Crippen LogP contribution in [0.5, 0.6) is 5.75 Å². The van der Waals surface area contributed by atoms with Crippen LogP contribution in [0.2, 0.25) is 0 Å². The van der Waals surface area contributed by atoms with Crippen molar-refractivity contribution in [3.05, 3.63) is 59.7 Å². The molecule has 0 saturated carbocycles. The zero-order chi connectivity index (χ0) is 14.9. The van der Waals surface area contributed by atoms with Crippen molar-refractivity contribution < 1.29 is 17.9 Å². The van der Waals surface area contributed by atoms with Gasteiger partial charge in [-0.15, -0.1) is 13.2 Å². The van der Waals surface area contributed by atoms with Crippen LogP contribution in [0.1, 0.15) is 11.1 Å². The first-order chi connectivity index (χ1) is 9.99. The van der Waals surface area contributed by atoms with E-state index in [4.69, 9.17) is 0 Å². The van der Waals surface area contributed by atoms with Crippen molar-refractivity contribution in [1.82, 2.24) is 0 Å². The molecule has 0 saturated heterocycles. The van der Waals surface area contributed by atoms with Crippen molar-refractivity contribution >= 4 is 5.69 Å². The molecule has 3 rings (SSSR count). The zero-order valence-electron chi connectivity index (χ0n) is 11.2. The molecule has 0 amide bonds. The number of hydrogen-bond donors (Lipinski definition) is 1. The molecule has 2 nitrogen and oxygen atoms in total. The molecule has 1 N–H and O–H groups in total. The van der Waals surface area contributed by atoms with Crippen molar-refractivity contribution in [2.24, 2.45) is 0 Å². The molecule has 0 bridgehead atoms. The van der Waals surface area contributed by atoms with Gasteiger partial charge in [-0.25, -0.2) is 0 Å². The first-order valence-electron chi connectivity index (χ1n) is 6.69. The predicted molar refractivity (Wildman–Crippen MR) is 74.4 cm³/mol. The Balaban J connectivity index is 1.62. The molecule has 0 aromatic heterocycles. The minimum Gasteiger partial charge on any atom is -0.406 e. The third kappa shape index (κ3) is 3.48. The third-order valence-corrected chi connectivity index (χ3v) is 3.51. The molecule has 2 aromatic carbocycles. The summed E-state index contributed by atoms with van der Waals surface area (Å²) in [5, 5.41) is 3.34. The Morgan fingerprint density at radius 2 is 1.48 bits per heavy atom. The molecule has 2 aromatic rings. The van der Waals surface area contributed by atoms with Crippen LogP contribution in [0.3, 0.4) is 0 Å². The van der Waals surface area contributed by atoms with Gasteiger partial charge in [-0.05, 0) is 48.2 Å². The fourth-order valence-corrected chi connectivity index (χ4v) is 2.65. The molecule has 5 heteroatoms. The predicted octanol–water partition coefficient (Wildman–Crippen LogP) is 4.16. The molecule has 0 unspecified atom stereocenters. The van der Waals surface area contributed by atoms with Crippen molar-refractivity contribution in [3.63, 3.8) is 0 Å². The van der Waals surface area contributed by atoms with Crippen LogP contribution in [-0.2, 0) is 12.8 Å². The first kappa shape index (κ1) is 13.8. The number of nitrogens with one attached hydrogen (secondary N) is 1. The molecule has 1 aliphatic rings. The van der Waals surface area contributed by atoms with Gasteiger partial charge in [0.05, 0.1) is 0 Å². The van der Waals surface area contributed by atoms with Crippen LogP contribution in [0.4, 0.5) is 18.9 Å². The van der Waals surface area contributed by atoms with Gasteiger partial charge in [0.15, 0.2) is 0 Å². The van der Waals surface area contributed by atoms with Gasteiger partial charge in [-0.3, -0.25) is 0 Å². The normalized spacial score (nSPS) is 14.8. The number of ether oxygens (including phenoxy) is 1. The van der Waals surface area contributed by atoms with Crippen molar-refractivity contribution in [1.29, 1.82) is 0 Å². The second-order valence-corrected chi connectivity index (χ2v) is 5.09. The topological polar surface area (TPSA) is 21.3 Å². The number of benzene rings is 2. The van der Waals surface area contributed by atoms with Crippen LogP contribution in [0.25, 0.3) is 0 Å². The monoisotopic (exact) mass is 293 g/mol. The second kappa shape index (κ2) is 5.31. The summed E-state index contributed by atoms with van der Waals surface area (Å²) in [6, 6.07) is 14.4. The summed E-state index contributed by atoms with van der Waals surface area (Å²) in [4.78, 5) is 0. The van der Waals surface area contributed by atoms with E-state index in [-0.39, 0.29) is 11.8 Å². The Kier molecular flexibility index (Phi) is 3.49. The lowest BCUT2D eigenvalue weighted by Gasteiger charge is -2.14. The van der Waals surface area contributed by atoms with Gasteiger partial charge in [0, 0.05) is 11.7 Å². The standard InChI is InChI=1S/C16H14F3NO/c17-16(18,19)21-15-7-5-13(6-8-15)20-14-9-11-3-1-2-4-12(11)10-14/h1-8,14,20H,9-10H2. The SMILES string of the molecule is FC(F)(F)Oc1ccc(NC2Cc3ccccc3C2)cc1. The van der Waals surface area contributed by atoms with Gasteiger partial charge in [0.1, 0.15) is 5.75 Å². The van der Waals surface area contributed by atoms with E-state index < -0.39 is 6.36 Å². The molecule has 21 heavy (non-hydrogen) atoms. The summed E-state index contributed by atoms with van der Waals surface area (Å²) in [6.45, 7) is 0. The Labute approximate surface area is 120 Å². The lowest BCUT2D eigenvalue weighted by Crippen LogP contribution is -2.19. The molecule has 0 heterocycles. The van der Waals surface area contributed by atoms with Crippen LogP contribution < -0.4 is 10.1 Å². The van der Waals surface area contributed by atoms with E-state index >= 15 is 0 Å². The summed E-state index contributed by atoms with van der Waals surface area (Å²) in [7, 11) is 0. The van der Waals surface area contributed by atoms with E-state index in [1.165, 1.54) is 23.3 Å². The van der Waals surface area contributed by atoms with Crippen LogP contribution >= 0.6 is 0 Å². The maximum Gasteiger partial charge on any atom is 0.573 e. The number of rotatable bonds is 3. The van der Waals surface area contributed by atoms with E-state index in [2.05, 4.69) is 22.2 Å². The summed E-state index contributed by atoms with van der Waals surface area (Å²) >= 11 is 0. The first-order valence-corrected chi connectivity index (χ1v) is 6.69. The Bertz CT molecular complexity index is 597. The molecular formula is C16H14F3NO. The third-order valence-electron chi connectivity index (χ3n) is 3.51. The van der Waals surface area contributed by atoms with E-state index in [0.717, 1.165) is 18.5 Å². The van der Waals surface area contributed by atoms with Gasteiger partial charge in [0.25, 0.3) is 0 Å². The molecule has 110 valence electrons. The van der Waals surface area contributed by atoms with E-state index in [1.807, 2.05) is 12.1 Å². The fourth-order valence-electron chi connectivity index (χ4n) is 2.65. The quantitative estimate of drug-likeness (QED) is 0.917. The average Bonchev–Trinajstić information content (AvgIpc) is 2.81. The highest BCUT2D eigenvalue weighted by Gasteiger charge is 2.31. The number of halogens is 3. The summed E-state index contributed by atoms with van der Waals surface area (Å²) in [5.41, 5.74) is 3.45. The highest BCUT2D eigenvalue weighted by molar-refractivity contribution is 5.49. The van der Waals surface area contributed by atoms with Gasteiger partial charge in [0.2, 0.25) is 0 Å². The van der Waals surface area contributed by atoms with Crippen molar-refractivity contribution in [2.75, 3.05) is 5.32 Å². The second-order valence-electron chi connectivity index (χ2n) is 5.09. The molecule has 0 fully saturated rings. The molecule has 0 spiro atoms. The highest BCUT2D eigenvalue weighted by atomic mass is 19.4. The Hall–Kier alpha value is -2.17. The van der Waals surface area contributed by atoms with E-state index in [1.54, 1.807) is 12.1 Å². The Morgan fingerprint density at radius 1 is 0.905 bits per heavy atom. The minimum absolute atomic E-state index is 0.206. The van der Waals surface area contributed by atoms with Gasteiger partial charge in [-0.1, -0.05) is 24.3 Å². The fraction of sp³-hybridized carbons (Fsp3) is 0.250. The highest BCUT2D eigenvalue weighted by Crippen LogP contribution is 2.27. The van der Waals surface area contributed by atoms with Crippen LogP contribution in [-0.4, -0.2) is 12.4 Å². The van der Waals surface area contributed by atoms with Gasteiger partial charge >= 0.3 is 6.36 Å². The smallest absolute Gasteiger partial charge is 0.406 e. The molecule has 0 atom stereocenters. The van der Waals surface area contributed by atoms with Crippen molar-refractivity contribution in [3.8, 4) is 5.75 Å². The average molecular weight is 293 g/mol. The minimum atomic E-state index is -4.65. The molecular weight excluding hydrogens is 279 g/mol. The Morgan fingerprint density at radius 3 is 2.00 bits per heavy atom. The number of hydrogen-bond acceptors (Lipinski definition) is 2. The van der Waals surface area contributed by atoms with E-state index in [9.17, 15) is 13.2 Å². The van der Waals surface area contributed by atoms with Gasteiger partial charge < -0.3 is 10.1 Å². The van der Waals surface area contributed by atoms with E-state index in [0.29, 0.717) is 0 Å². The van der Waals surface area contributed by atoms with Crippen LogP contribution in [0, 0.1) is 0 Å². The maximum atomic E-state index is 12.1. The number of fused-ring (bicyclic) bond motifs is 1. The summed E-state index contributed by atoms with van der Waals surface area (Å²) in [5.74, 6) is -0.206.